The monoisotopic (exact) mass is 852 g/mol. The normalized spacial score (nSPS) is 20.8. The minimum atomic E-state index is -2.25. The first-order valence-corrected chi connectivity index (χ1v) is 23.3. The molecule has 2 saturated heterocycles. The standard InChI is InChI=1S/C40H48N4O11S2Si/c1-9-18-52-36(47)26-12-11-13-27(20-26)41-33(45)30-21-29(22-42(30)39(49)54-23-25-14-16-28(17-15-25)44(50)51)56-38-32(37(48)53-19-10-2)43-34(46)31(35(43)57-38)24(3)55-58(7,8)40(4,5)6/h9-17,20,24,29-31,35H,1-2,18-19,21-23H2,3-8H3,(H,41,45)/t24?,29-,30-,31-,35+/m0/s1. The fraction of sp³-hybridized carbons (Fsp3) is 0.425. The van der Waals surface area contributed by atoms with Crippen molar-refractivity contribution in [1.29, 1.82) is 0 Å². The first-order valence-electron chi connectivity index (χ1n) is 18.6. The van der Waals surface area contributed by atoms with Gasteiger partial charge >= 0.3 is 18.0 Å². The van der Waals surface area contributed by atoms with Crippen LogP contribution in [0.4, 0.5) is 16.2 Å². The molecule has 0 spiro atoms. The third kappa shape index (κ3) is 9.85. The number of carbonyl (C=O) groups excluding carboxylic acids is 5. The number of likely N-dealkylation sites (tertiary alicyclic amines) is 1. The largest absolute Gasteiger partial charge is 0.458 e. The molecule has 0 bridgehead atoms. The lowest BCUT2D eigenvalue weighted by molar-refractivity contribution is -0.384. The number of hydrogen-bond donors (Lipinski definition) is 1. The Bertz CT molecular complexity index is 2000. The van der Waals surface area contributed by atoms with Crippen molar-refractivity contribution in [3.63, 3.8) is 0 Å². The van der Waals surface area contributed by atoms with Gasteiger partial charge in [-0.25, -0.2) is 14.4 Å². The number of nitrogens with zero attached hydrogens (tertiary/aromatic N) is 3. The lowest BCUT2D eigenvalue weighted by Crippen LogP contribution is -2.62. The highest BCUT2D eigenvalue weighted by Crippen LogP contribution is 2.56. The van der Waals surface area contributed by atoms with E-state index in [9.17, 15) is 34.1 Å². The molecule has 2 aromatic carbocycles. The number of amides is 3. The number of ether oxygens (including phenoxy) is 3. The zero-order valence-corrected chi connectivity index (χ0v) is 35.9. The van der Waals surface area contributed by atoms with Crippen LogP contribution in [0.3, 0.4) is 0 Å². The average Bonchev–Trinajstić information content (AvgIpc) is 3.74. The summed E-state index contributed by atoms with van der Waals surface area (Å²) in [5, 5.41) is 13.0. The fourth-order valence-corrected chi connectivity index (χ4v) is 11.1. The van der Waals surface area contributed by atoms with Crippen LogP contribution >= 0.6 is 23.5 Å². The third-order valence-corrected chi connectivity index (χ3v) is 17.7. The Morgan fingerprint density at radius 2 is 1.71 bits per heavy atom. The number of β-lactam (4-membered cyclic amide) rings is 1. The summed E-state index contributed by atoms with van der Waals surface area (Å²) in [5.41, 5.74) is 0.962. The molecule has 2 fully saturated rings. The Kier molecular flexibility index (Phi) is 14.0. The quantitative estimate of drug-likeness (QED) is 0.0340. The van der Waals surface area contributed by atoms with Gasteiger partial charge in [-0.1, -0.05) is 63.9 Å². The summed E-state index contributed by atoms with van der Waals surface area (Å²) in [6.45, 7) is 19.4. The molecular weight excluding hydrogens is 805 g/mol. The van der Waals surface area contributed by atoms with Gasteiger partial charge in [0.2, 0.25) is 11.8 Å². The molecule has 3 heterocycles. The Hall–Kier alpha value is -4.91. The van der Waals surface area contributed by atoms with Crippen LogP contribution in [0.5, 0.6) is 0 Å². The predicted octanol–water partition coefficient (Wildman–Crippen LogP) is 7.23. The minimum Gasteiger partial charge on any atom is -0.458 e. The molecule has 0 aliphatic carbocycles. The summed E-state index contributed by atoms with van der Waals surface area (Å²) in [6, 6.07) is 10.7. The Morgan fingerprint density at radius 1 is 1.05 bits per heavy atom. The molecule has 3 amide bonds. The number of non-ortho nitro benzene ring substituents is 1. The van der Waals surface area contributed by atoms with E-state index in [1.54, 1.807) is 12.1 Å². The van der Waals surface area contributed by atoms with Crippen LogP contribution < -0.4 is 5.32 Å². The topological polar surface area (TPSA) is 184 Å². The predicted molar refractivity (Wildman–Crippen MR) is 223 cm³/mol. The molecule has 0 radical (unpaired) electrons. The number of fused-ring (bicyclic) bond motifs is 1. The fourth-order valence-electron chi connectivity index (χ4n) is 6.32. The van der Waals surface area contributed by atoms with Crippen LogP contribution in [0.25, 0.3) is 0 Å². The van der Waals surface area contributed by atoms with Crippen molar-refractivity contribution >= 4 is 73.1 Å². The molecule has 58 heavy (non-hydrogen) atoms. The first-order chi connectivity index (χ1) is 27.4. The van der Waals surface area contributed by atoms with Gasteiger partial charge in [-0.15, -0.1) is 11.8 Å². The minimum absolute atomic E-state index is 0.00691. The van der Waals surface area contributed by atoms with Crippen molar-refractivity contribution in [1.82, 2.24) is 9.80 Å². The smallest absolute Gasteiger partial charge is 0.410 e. The summed E-state index contributed by atoms with van der Waals surface area (Å²) >= 11 is 2.63. The van der Waals surface area contributed by atoms with Gasteiger partial charge in [0.05, 0.1) is 26.7 Å². The average molecular weight is 853 g/mol. The van der Waals surface area contributed by atoms with Crippen LogP contribution in [0.1, 0.15) is 50.0 Å². The van der Waals surface area contributed by atoms with Gasteiger partial charge in [-0.05, 0) is 67.4 Å². The number of nitro groups is 1. The number of benzene rings is 2. The van der Waals surface area contributed by atoms with Gasteiger partial charge < -0.3 is 24.0 Å². The van der Waals surface area contributed by atoms with Gasteiger partial charge in [0, 0.05) is 29.6 Å². The van der Waals surface area contributed by atoms with Gasteiger partial charge in [-0.3, -0.25) is 29.5 Å². The molecule has 15 nitrogen and oxygen atoms in total. The highest BCUT2D eigenvalue weighted by atomic mass is 32.2. The highest BCUT2D eigenvalue weighted by molar-refractivity contribution is 8.23. The summed E-state index contributed by atoms with van der Waals surface area (Å²) in [6.07, 6.45) is 1.78. The summed E-state index contributed by atoms with van der Waals surface area (Å²) < 4.78 is 23.3. The molecule has 18 heteroatoms. The van der Waals surface area contributed by atoms with Crippen LogP contribution in [-0.4, -0.2) is 95.4 Å². The number of hydrogen-bond acceptors (Lipinski definition) is 13. The lowest BCUT2D eigenvalue weighted by atomic mass is 9.92. The third-order valence-electron chi connectivity index (χ3n) is 10.3. The van der Waals surface area contributed by atoms with E-state index in [1.165, 1.54) is 81.9 Å². The second-order valence-corrected chi connectivity index (χ2v) is 22.9. The number of nitrogens with one attached hydrogen (secondary N) is 1. The molecule has 0 aromatic heterocycles. The second-order valence-electron chi connectivity index (χ2n) is 15.4. The van der Waals surface area contributed by atoms with Crippen molar-refractivity contribution in [2.45, 2.75) is 81.6 Å². The van der Waals surface area contributed by atoms with E-state index in [0.29, 0.717) is 9.80 Å². The van der Waals surface area contributed by atoms with E-state index in [-0.39, 0.29) is 66.4 Å². The van der Waals surface area contributed by atoms with Gasteiger partial charge in [-0.2, -0.15) is 0 Å². The molecular formula is C40H48N4O11S2Si. The molecule has 5 atom stereocenters. The highest BCUT2D eigenvalue weighted by Gasteiger charge is 2.60. The molecule has 310 valence electrons. The molecule has 2 aromatic rings. The zero-order valence-electron chi connectivity index (χ0n) is 33.3. The van der Waals surface area contributed by atoms with Crippen LogP contribution in [0, 0.1) is 16.0 Å². The van der Waals surface area contributed by atoms with Gasteiger partial charge in [0.15, 0.2) is 14.0 Å². The number of carbonyl (C=O) groups is 5. The van der Waals surface area contributed by atoms with E-state index in [0.717, 1.165) is 0 Å². The van der Waals surface area contributed by atoms with E-state index < -0.39 is 65.9 Å². The summed E-state index contributed by atoms with van der Waals surface area (Å²) in [4.78, 5) is 80.8. The maximum Gasteiger partial charge on any atom is 0.410 e. The number of thioether (sulfide) groups is 2. The van der Waals surface area contributed by atoms with E-state index in [2.05, 4.69) is 52.3 Å². The maximum atomic E-state index is 14.0. The van der Waals surface area contributed by atoms with Gasteiger partial charge in [0.25, 0.3) is 5.69 Å². The van der Waals surface area contributed by atoms with Crippen LogP contribution in [0.15, 0.2) is 83.8 Å². The molecule has 0 saturated carbocycles. The Balaban J connectivity index is 1.38. The first kappa shape index (κ1) is 44.2. The van der Waals surface area contributed by atoms with Gasteiger partial charge in [0.1, 0.15) is 31.2 Å². The molecule has 3 aliphatic heterocycles. The van der Waals surface area contributed by atoms with Crippen LogP contribution in [0.2, 0.25) is 18.1 Å². The zero-order chi connectivity index (χ0) is 42.5. The van der Waals surface area contributed by atoms with Crippen molar-refractivity contribution in [3.05, 3.63) is 105 Å². The summed E-state index contributed by atoms with van der Waals surface area (Å²) in [5.74, 6) is -2.62. The number of rotatable bonds is 16. The van der Waals surface area contributed by atoms with Crippen LogP contribution in [-0.2, 0) is 39.6 Å². The number of nitro benzene ring substituents is 1. The van der Waals surface area contributed by atoms with E-state index in [1.807, 2.05) is 6.92 Å². The molecule has 1 N–H and O–H groups in total. The Labute approximate surface area is 346 Å². The summed E-state index contributed by atoms with van der Waals surface area (Å²) in [7, 11) is -2.25. The molecule has 3 aliphatic rings. The maximum absolute atomic E-state index is 14.0. The number of anilines is 1. The van der Waals surface area contributed by atoms with Crippen molar-refractivity contribution < 1.29 is 47.5 Å². The van der Waals surface area contributed by atoms with E-state index in [4.69, 9.17) is 18.6 Å². The molecule has 1 unspecified atom stereocenters. The Morgan fingerprint density at radius 3 is 2.33 bits per heavy atom. The SMILES string of the molecule is C=CCOC(=O)C1=C(S[C@H]2C[C@@H](C(=O)Nc3cccc(C(=O)OCC=C)c3)N(C(=O)OCc3ccc([N+](=O)[O-])cc3)C2)S[C@@H]2[C@@H](C(C)O[Si](C)(C)C(C)(C)C)C(=O)N12. The number of esters is 2. The van der Waals surface area contributed by atoms with Crippen molar-refractivity contribution in [3.8, 4) is 0 Å². The second kappa shape index (κ2) is 18.3. The lowest BCUT2D eigenvalue weighted by Gasteiger charge is -2.48. The van der Waals surface area contributed by atoms with E-state index >= 15 is 0 Å². The van der Waals surface area contributed by atoms with Crippen molar-refractivity contribution in [2.75, 3.05) is 25.1 Å². The van der Waals surface area contributed by atoms with Crippen molar-refractivity contribution in [2.24, 2.45) is 5.92 Å². The molecule has 5 rings (SSSR count).